The van der Waals surface area contributed by atoms with Gasteiger partial charge in [0.05, 0.1) is 24.5 Å². The molecule has 0 aliphatic carbocycles. The van der Waals surface area contributed by atoms with Crippen molar-refractivity contribution in [2.45, 2.75) is 78.2 Å². The van der Waals surface area contributed by atoms with Gasteiger partial charge in [-0.3, -0.25) is 0 Å². The third-order valence-corrected chi connectivity index (χ3v) is 10.8. The van der Waals surface area contributed by atoms with Gasteiger partial charge in [0, 0.05) is 17.5 Å². The molecule has 1 aromatic carbocycles. The molecule has 0 saturated heterocycles. The quantitative estimate of drug-likeness (QED) is 0.321. The summed E-state index contributed by atoms with van der Waals surface area (Å²) in [7, 11) is -1.98. The molecular weight excluding hydrogens is 428 g/mol. The van der Waals surface area contributed by atoms with Crippen LogP contribution in [0.15, 0.2) is 30.3 Å². The van der Waals surface area contributed by atoms with E-state index >= 15 is 0 Å². The third kappa shape index (κ3) is 6.79. The van der Waals surface area contributed by atoms with Gasteiger partial charge in [0.15, 0.2) is 8.32 Å². The number of carbonyl (C=O) groups is 1. The SMILES string of the molecule is CCCCc1nc(CO[Si](C)(C)C(C)(C)C)c(/C=C/C(=O)O)n1Cc1ccccc1Cl. The van der Waals surface area contributed by atoms with Crippen molar-refractivity contribution < 1.29 is 14.3 Å². The van der Waals surface area contributed by atoms with E-state index in [4.69, 9.17) is 21.0 Å². The number of unbranched alkanes of at least 4 members (excludes halogenated alkanes) is 1. The van der Waals surface area contributed by atoms with Gasteiger partial charge in [-0.05, 0) is 42.3 Å². The normalized spacial score (nSPS) is 12.6. The molecular formula is C24H35ClN2O3Si. The standard InChI is InChI=1S/C24H35ClN2O3Si/c1-7-8-13-22-26-20(17-30-31(5,6)24(2,3)4)21(14-15-23(28)29)27(22)16-18-11-9-10-12-19(18)25/h9-12,14-15H,7-8,13,16-17H2,1-6H3,(H,28,29)/b15-14+. The lowest BCUT2D eigenvalue weighted by Crippen LogP contribution is -2.40. The Morgan fingerprint density at radius 1 is 1.29 bits per heavy atom. The zero-order valence-corrected chi connectivity index (χ0v) is 21.3. The van der Waals surface area contributed by atoms with Crippen LogP contribution in [0.3, 0.4) is 0 Å². The molecule has 31 heavy (non-hydrogen) atoms. The first-order chi connectivity index (χ1) is 14.5. The summed E-state index contributed by atoms with van der Waals surface area (Å²) in [6.45, 7) is 14.1. The van der Waals surface area contributed by atoms with Crippen LogP contribution >= 0.6 is 11.6 Å². The molecule has 1 heterocycles. The number of benzene rings is 1. The molecule has 1 N–H and O–H groups in total. The molecule has 2 aromatic rings. The molecule has 0 fully saturated rings. The van der Waals surface area contributed by atoms with E-state index < -0.39 is 14.3 Å². The maximum atomic E-state index is 11.3. The van der Waals surface area contributed by atoms with Crippen LogP contribution in [0.25, 0.3) is 6.08 Å². The Hall–Kier alpha value is -1.89. The van der Waals surface area contributed by atoms with Crippen LogP contribution in [0.5, 0.6) is 0 Å². The van der Waals surface area contributed by atoms with Crippen LogP contribution < -0.4 is 0 Å². The Bertz CT molecular complexity index is 929. The third-order valence-electron chi connectivity index (χ3n) is 5.96. The molecule has 2 rings (SSSR count). The lowest BCUT2D eigenvalue weighted by Gasteiger charge is -2.36. The second-order valence-electron chi connectivity index (χ2n) is 9.36. The molecule has 0 aliphatic rings. The molecule has 1 aromatic heterocycles. The molecule has 0 spiro atoms. The molecule has 0 radical (unpaired) electrons. The lowest BCUT2D eigenvalue weighted by molar-refractivity contribution is -0.131. The van der Waals surface area contributed by atoms with Gasteiger partial charge in [-0.2, -0.15) is 0 Å². The van der Waals surface area contributed by atoms with Crippen molar-refractivity contribution in [3.63, 3.8) is 0 Å². The number of carboxylic acids is 1. The predicted molar refractivity (Wildman–Crippen MR) is 130 cm³/mol. The van der Waals surface area contributed by atoms with Crippen molar-refractivity contribution in [1.82, 2.24) is 9.55 Å². The second kappa shape index (κ2) is 10.6. The summed E-state index contributed by atoms with van der Waals surface area (Å²) >= 11 is 6.42. The fraction of sp³-hybridized carbons (Fsp3) is 0.500. The van der Waals surface area contributed by atoms with E-state index in [1.54, 1.807) is 6.08 Å². The van der Waals surface area contributed by atoms with E-state index in [0.29, 0.717) is 18.2 Å². The summed E-state index contributed by atoms with van der Waals surface area (Å²) in [5.41, 5.74) is 2.52. The summed E-state index contributed by atoms with van der Waals surface area (Å²) in [4.78, 5) is 16.2. The van der Waals surface area contributed by atoms with Gasteiger partial charge in [-0.1, -0.05) is 63.9 Å². The first kappa shape index (κ1) is 25.4. The zero-order chi connectivity index (χ0) is 23.2. The minimum atomic E-state index is -1.98. The first-order valence-corrected chi connectivity index (χ1v) is 14.1. The van der Waals surface area contributed by atoms with Crippen LogP contribution in [-0.4, -0.2) is 28.9 Å². The van der Waals surface area contributed by atoms with Gasteiger partial charge in [-0.15, -0.1) is 0 Å². The summed E-state index contributed by atoms with van der Waals surface area (Å²) in [5, 5.41) is 10.0. The van der Waals surface area contributed by atoms with Crippen molar-refractivity contribution in [1.29, 1.82) is 0 Å². The van der Waals surface area contributed by atoms with Gasteiger partial charge < -0.3 is 14.1 Å². The summed E-state index contributed by atoms with van der Waals surface area (Å²) in [5.74, 6) is -0.0579. The van der Waals surface area contributed by atoms with Crippen molar-refractivity contribution in [3.8, 4) is 0 Å². The van der Waals surface area contributed by atoms with E-state index in [2.05, 4.69) is 45.4 Å². The predicted octanol–water partition coefficient (Wildman–Crippen LogP) is 6.55. The van der Waals surface area contributed by atoms with Crippen molar-refractivity contribution >= 4 is 32.0 Å². The largest absolute Gasteiger partial charge is 0.478 e. The van der Waals surface area contributed by atoms with E-state index in [9.17, 15) is 9.90 Å². The number of carboxylic acid groups (broad SMARTS) is 1. The molecule has 0 atom stereocenters. The number of aromatic nitrogens is 2. The van der Waals surface area contributed by atoms with Gasteiger partial charge in [0.25, 0.3) is 0 Å². The van der Waals surface area contributed by atoms with Crippen LogP contribution in [0.1, 0.15) is 63.3 Å². The fourth-order valence-corrected chi connectivity index (χ4v) is 4.10. The van der Waals surface area contributed by atoms with E-state index in [0.717, 1.165) is 42.0 Å². The highest BCUT2D eigenvalue weighted by Gasteiger charge is 2.37. The number of aliphatic carboxylic acids is 1. The number of halogens is 1. The molecule has 0 amide bonds. The van der Waals surface area contributed by atoms with Crippen molar-refractivity contribution in [2.75, 3.05) is 0 Å². The second-order valence-corrected chi connectivity index (χ2v) is 14.6. The summed E-state index contributed by atoms with van der Waals surface area (Å²) in [6, 6.07) is 7.72. The Labute approximate surface area is 192 Å². The first-order valence-electron chi connectivity index (χ1n) is 10.8. The number of hydrogen-bond donors (Lipinski definition) is 1. The molecule has 0 bridgehead atoms. The Morgan fingerprint density at radius 2 is 1.97 bits per heavy atom. The molecule has 7 heteroatoms. The topological polar surface area (TPSA) is 64.3 Å². The minimum Gasteiger partial charge on any atom is -0.478 e. The van der Waals surface area contributed by atoms with E-state index in [-0.39, 0.29) is 5.04 Å². The number of rotatable bonds is 10. The van der Waals surface area contributed by atoms with Gasteiger partial charge in [-0.25, -0.2) is 9.78 Å². The molecule has 5 nitrogen and oxygen atoms in total. The Morgan fingerprint density at radius 3 is 2.55 bits per heavy atom. The summed E-state index contributed by atoms with van der Waals surface area (Å²) < 4.78 is 8.51. The number of nitrogens with zero attached hydrogens (tertiary/aromatic N) is 2. The summed E-state index contributed by atoms with van der Waals surface area (Å²) in [6.07, 6.45) is 5.67. The van der Waals surface area contributed by atoms with E-state index in [1.165, 1.54) is 6.08 Å². The van der Waals surface area contributed by atoms with Crippen molar-refractivity contribution in [3.05, 3.63) is 58.1 Å². The van der Waals surface area contributed by atoms with Crippen molar-refractivity contribution in [2.24, 2.45) is 0 Å². The number of hydrogen-bond acceptors (Lipinski definition) is 3. The number of aryl methyl sites for hydroxylation is 1. The number of imidazole rings is 1. The molecule has 0 saturated carbocycles. The molecule has 0 aliphatic heterocycles. The zero-order valence-electron chi connectivity index (χ0n) is 19.5. The molecule has 170 valence electrons. The highest BCUT2D eigenvalue weighted by atomic mass is 35.5. The maximum absolute atomic E-state index is 11.3. The van der Waals surface area contributed by atoms with Gasteiger partial charge >= 0.3 is 5.97 Å². The maximum Gasteiger partial charge on any atom is 0.328 e. The lowest BCUT2D eigenvalue weighted by atomic mass is 10.2. The monoisotopic (exact) mass is 462 g/mol. The fourth-order valence-electron chi connectivity index (χ4n) is 2.98. The van der Waals surface area contributed by atoms with Gasteiger partial charge in [0.2, 0.25) is 0 Å². The van der Waals surface area contributed by atoms with Crippen LogP contribution in [0.2, 0.25) is 23.2 Å². The smallest absolute Gasteiger partial charge is 0.328 e. The Kier molecular flexibility index (Phi) is 8.69. The minimum absolute atomic E-state index is 0.0786. The molecule has 0 unspecified atom stereocenters. The van der Waals surface area contributed by atoms with Crippen LogP contribution in [0.4, 0.5) is 0 Å². The average Bonchev–Trinajstić information content (AvgIpc) is 3.00. The van der Waals surface area contributed by atoms with Gasteiger partial charge in [0.1, 0.15) is 5.82 Å². The van der Waals surface area contributed by atoms with E-state index in [1.807, 2.05) is 24.3 Å². The highest BCUT2D eigenvalue weighted by Crippen LogP contribution is 2.37. The van der Waals surface area contributed by atoms with Crippen LogP contribution in [-0.2, 0) is 28.8 Å². The highest BCUT2D eigenvalue weighted by molar-refractivity contribution is 6.74. The Balaban J connectivity index is 2.51. The van der Waals surface area contributed by atoms with Crippen LogP contribution in [0, 0.1) is 0 Å². The average molecular weight is 463 g/mol.